The molecule has 1 atom stereocenters. The maximum absolute atomic E-state index is 12.5. The van der Waals surface area contributed by atoms with Crippen LogP contribution >= 0.6 is 11.6 Å². The Bertz CT molecular complexity index is 1280. The monoisotopic (exact) mass is 432 g/mol. The molecular formula is C22H17ClN6O2. The minimum atomic E-state index is -0.189. The van der Waals surface area contributed by atoms with Crippen molar-refractivity contribution >= 4 is 23.3 Å². The van der Waals surface area contributed by atoms with Crippen molar-refractivity contribution in [3.8, 4) is 23.0 Å². The van der Waals surface area contributed by atoms with Crippen LogP contribution in [0.1, 0.15) is 29.2 Å². The summed E-state index contributed by atoms with van der Waals surface area (Å²) in [7, 11) is 0. The van der Waals surface area contributed by atoms with Gasteiger partial charge in [0.1, 0.15) is 11.6 Å². The Morgan fingerprint density at radius 2 is 1.87 bits per heavy atom. The van der Waals surface area contributed by atoms with Gasteiger partial charge in [-0.15, -0.1) is 5.10 Å². The molecule has 0 saturated carbocycles. The SMILES string of the molecule is Cc1nn(-c2nncc(-c3ccc(Cl)cc3)n2)c2c1[C@@H](c1ccc(O)cc1)CC(=O)N2. The molecule has 0 aliphatic carbocycles. The van der Waals surface area contributed by atoms with Crippen molar-refractivity contribution in [2.24, 2.45) is 0 Å². The average Bonchev–Trinajstić information content (AvgIpc) is 3.10. The lowest BCUT2D eigenvalue weighted by Gasteiger charge is -2.24. The fourth-order valence-corrected chi connectivity index (χ4v) is 3.95. The Balaban J connectivity index is 1.60. The second-order valence-corrected chi connectivity index (χ2v) is 7.74. The molecule has 2 aromatic carbocycles. The zero-order valence-electron chi connectivity index (χ0n) is 16.5. The highest BCUT2D eigenvalue weighted by molar-refractivity contribution is 6.30. The lowest BCUT2D eigenvalue weighted by Crippen LogP contribution is -2.25. The highest BCUT2D eigenvalue weighted by Gasteiger charge is 2.33. The number of carbonyl (C=O) groups excluding carboxylic acids is 1. The molecule has 2 N–H and O–H groups in total. The van der Waals surface area contributed by atoms with Crippen LogP contribution in [-0.4, -0.2) is 36.0 Å². The fourth-order valence-electron chi connectivity index (χ4n) is 3.83. The summed E-state index contributed by atoms with van der Waals surface area (Å²) in [6, 6.07) is 14.1. The number of aromatic nitrogens is 5. The molecular weight excluding hydrogens is 416 g/mol. The summed E-state index contributed by atoms with van der Waals surface area (Å²) in [5.74, 6) is 0.638. The second-order valence-electron chi connectivity index (χ2n) is 7.30. The van der Waals surface area contributed by atoms with E-state index >= 15 is 0 Å². The summed E-state index contributed by atoms with van der Waals surface area (Å²) in [5.41, 5.74) is 4.02. The third-order valence-corrected chi connectivity index (χ3v) is 5.53. The van der Waals surface area contributed by atoms with Crippen molar-refractivity contribution in [1.29, 1.82) is 0 Å². The molecule has 0 bridgehead atoms. The smallest absolute Gasteiger partial charge is 0.272 e. The molecule has 1 amide bonds. The van der Waals surface area contributed by atoms with E-state index < -0.39 is 0 Å². The summed E-state index contributed by atoms with van der Waals surface area (Å²) < 4.78 is 1.52. The van der Waals surface area contributed by atoms with Crippen molar-refractivity contribution < 1.29 is 9.90 Å². The van der Waals surface area contributed by atoms with E-state index in [4.69, 9.17) is 11.6 Å². The lowest BCUT2D eigenvalue weighted by molar-refractivity contribution is -0.116. The van der Waals surface area contributed by atoms with Gasteiger partial charge in [-0.3, -0.25) is 4.79 Å². The highest BCUT2D eigenvalue weighted by Crippen LogP contribution is 2.40. The van der Waals surface area contributed by atoms with Gasteiger partial charge in [0.15, 0.2) is 0 Å². The van der Waals surface area contributed by atoms with Crippen LogP contribution in [0.15, 0.2) is 54.7 Å². The third kappa shape index (κ3) is 3.51. The number of carbonyl (C=O) groups is 1. The number of rotatable bonds is 3. The van der Waals surface area contributed by atoms with Crippen LogP contribution < -0.4 is 5.32 Å². The molecule has 0 radical (unpaired) electrons. The van der Waals surface area contributed by atoms with Crippen molar-refractivity contribution in [1.82, 2.24) is 25.0 Å². The van der Waals surface area contributed by atoms with Crippen molar-refractivity contribution in [2.75, 3.05) is 5.32 Å². The van der Waals surface area contributed by atoms with E-state index in [1.807, 2.05) is 31.2 Å². The first-order chi connectivity index (χ1) is 15.0. The molecule has 3 heterocycles. The first-order valence-corrected chi connectivity index (χ1v) is 10.0. The van der Waals surface area contributed by atoms with Gasteiger partial charge in [-0.2, -0.15) is 14.9 Å². The van der Waals surface area contributed by atoms with E-state index in [1.165, 1.54) is 4.68 Å². The van der Waals surface area contributed by atoms with Crippen molar-refractivity contribution in [3.63, 3.8) is 0 Å². The Kier molecular flexibility index (Phi) is 4.63. The third-order valence-electron chi connectivity index (χ3n) is 5.28. The van der Waals surface area contributed by atoms with Crippen molar-refractivity contribution in [3.05, 3.63) is 76.6 Å². The maximum atomic E-state index is 12.5. The molecule has 2 aromatic heterocycles. The molecule has 1 aliphatic heterocycles. The number of halogens is 1. The number of anilines is 1. The van der Waals surface area contributed by atoms with Crippen LogP contribution in [0.5, 0.6) is 5.75 Å². The van der Waals surface area contributed by atoms with Gasteiger partial charge in [0.05, 0.1) is 17.6 Å². The zero-order chi connectivity index (χ0) is 21.5. The first kappa shape index (κ1) is 19.2. The number of phenols is 1. The van der Waals surface area contributed by atoms with E-state index in [-0.39, 0.29) is 29.9 Å². The molecule has 0 spiro atoms. The van der Waals surface area contributed by atoms with Crippen LogP contribution in [-0.2, 0) is 4.79 Å². The molecule has 8 nitrogen and oxygen atoms in total. The number of aromatic hydroxyl groups is 1. The van der Waals surface area contributed by atoms with Gasteiger partial charge >= 0.3 is 0 Å². The Hall–Kier alpha value is -3.78. The number of amides is 1. The van der Waals surface area contributed by atoms with Gasteiger partial charge in [0.25, 0.3) is 5.95 Å². The molecule has 5 rings (SSSR count). The van der Waals surface area contributed by atoms with Crippen LogP contribution in [0.2, 0.25) is 5.02 Å². The quantitative estimate of drug-likeness (QED) is 0.509. The number of nitrogens with zero attached hydrogens (tertiary/aromatic N) is 5. The van der Waals surface area contributed by atoms with Crippen molar-refractivity contribution in [2.45, 2.75) is 19.3 Å². The van der Waals surface area contributed by atoms with Gasteiger partial charge in [-0.05, 0) is 36.8 Å². The second kappa shape index (κ2) is 7.48. The van der Waals surface area contributed by atoms with E-state index in [9.17, 15) is 9.90 Å². The predicted molar refractivity (Wildman–Crippen MR) is 115 cm³/mol. The van der Waals surface area contributed by atoms with E-state index in [1.54, 1.807) is 30.5 Å². The van der Waals surface area contributed by atoms with Crippen LogP contribution in [0.4, 0.5) is 5.82 Å². The predicted octanol–water partition coefficient (Wildman–Crippen LogP) is 3.87. The molecule has 31 heavy (non-hydrogen) atoms. The topological polar surface area (TPSA) is 106 Å². The standard InChI is InChI=1S/C22H17ClN6O2/c1-12-20-17(13-4-8-16(30)9-5-13)10-19(31)26-21(20)29(28-12)22-25-18(11-24-27-22)14-2-6-15(23)7-3-14/h2-9,11,17,30H,10H2,1H3,(H,26,31)/t17-/m1/s1. The fraction of sp³-hybridized carbons (Fsp3) is 0.136. The lowest BCUT2D eigenvalue weighted by atomic mass is 9.86. The highest BCUT2D eigenvalue weighted by atomic mass is 35.5. The number of nitrogens with one attached hydrogen (secondary N) is 1. The number of phenolic OH excluding ortho intramolecular Hbond substituents is 1. The summed E-state index contributed by atoms with van der Waals surface area (Å²) in [6.45, 7) is 1.89. The first-order valence-electron chi connectivity index (χ1n) is 9.64. The average molecular weight is 433 g/mol. The normalized spacial score (nSPS) is 15.4. The van der Waals surface area contributed by atoms with Gasteiger partial charge < -0.3 is 10.4 Å². The minimum Gasteiger partial charge on any atom is -0.508 e. The van der Waals surface area contributed by atoms with E-state index in [0.717, 1.165) is 22.4 Å². The number of hydrogen-bond donors (Lipinski definition) is 2. The van der Waals surface area contributed by atoms with Crippen LogP contribution in [0.3, 0.4) is 0 Å². The number of hydrogen-bond acceptors (Lipinski definition) is 6. The summed E-state index contributed by atoms with van der Waals surface area (Å²) in [4.78, 5) is 17.1. The molecule has 154 valence electrons. The summed E-state index contributed by atoms with van der Waals surface area (Å²) in [6.07, 6.45) is 1.85. The molecule has 0 fully saturated rings. The number of fused-ring (bicyclic) bond motifs is 1. The Morgan fingerprint density at radius 1 is 1.13 bits per heavy atom. The Labute approximate surface area is 182 Å². The molecule has 0 saturated heterocycles. The number of aryl methyl sites for hydroxylation is 1. The Morgan fingerprint density at radius 3 is 2.61 bits per heavy atom. The summed E-state index contributed by atoms with van der Waals surface area (Å²) >= 11 is 5.98. The number of benzene rings is 2. The molecule has 9 heteroatoms. The zero-order valence-corrected chi connectivity index (χ0v) is 17.2. The molecule has 0 unspecified atom stereocenters. The van der Waals surface area contributed by atoms with Gasteiger partial charge in [0, 0.05) is 28.5 Å². The van der Waals surface area contributed by atoms with Crippen LogP contribution in [0, 0.1) is 6.92 Å². The maximum Gasteiger partial charge on any atom is 0.272 e. The molecule has 4 aromatic rings. The van der Waals surface area contributed by atoms with Gasteiger partial charge in [-0.1, -0.05) is 35.9 Å². The van der Waals surface area contributed by atoms with Crippen LogP contribution in [0.25, 0.3) is 17.2 Å². The minimum absolute atomic E-state index is 0.131. The van der Waals surface area contributed by atoms with Gasteiger partial charge in [-0.25, -0.2) is 4.98 Å². The summed E-state index contributed by atoms with van der Waals surface area (Å²) in [5, 5.41) is 26.0. The largest absolute Gasteiger partial charge is 0.508 e. The van der Waals surface area contributed by atoms with Gasteiger partial charge in [0.2, 0.25) is 5.91 Å². The molecule has 1 aliphatic rings. The van der Waals surface area contributed by atoms with E-state index in [0.29, 0.717) is 16.5 Å². The van der Waals surface area contributed by atoms with E-state index in [2.05, 4.69) is 25.6 Å².